The van der Waals surface area contributed by atoms with E-state index in [1.54, 1.807) is 11.3 Å². The van der Waals surface area contributed by atoms with Crippen molar-refractivity contribution in [3.63, 3.8) is 0 Å². The number of hydrogen-bond acceptors (Lipinski definition) is 3. The number of fused-ring (bicyclic) bond motifs is 1. The van der Waals surface area contributed by atoms with E-state index in [0.717, 1.165) is 29.1 Å². The Morgan fingerprint density at radius 2 is 2.22 bits per heavy atom. The van der Waals surface area contributed by atoms with Crippen molar-refractivity contribution in [3.05, 3.63) is 23.5 Å². The molecule has 0 spiro atoms. The Morgan fingerprint density at radius 1 is 1.39 bits per heavy atom. The third kappa shape index (κ3) is 5.34. The molecule has 0 saturated heterocycles. The SMILES string of the molecule is CN=C(NCCCC1CCCC1)NCc1cn2ccsc2n1.I. The van der Waals surface area contributed by atoms with Gasteiger partial charge in [-0.15, -0.1) is 35.3 Å². The number of imidazole rings is 1. The van der Waals surface area contributed by atoms with Gasteiger partial charge in [0, 0.05) is 31.4 Å². The molecule has 2 aromatic rings. The summed E-state index contributed by atoms with van der Waals surface area (Å²) in [5.41, 5.74) is 1.04. The lowest BCUT2D eigenvalue weighted by molar-refractivity contribution is 0.481. The average molecular weight is 447 g/mol. The van der Waals surface area contributed by atoms with Gasteiger partial charge >= 0.3 is 0 Å². The van der Waals surface area contributed by atoms with Crippen molar-refractivity contribution < 1.29 is 0 Å². The first kappa shape index (κ1) is 18.5. The highest BCUT2D eigenvalue weighted by atomic mass is 127. The Hall–Kier alpha value is -0.830. The third-order valence-electron chi connectivity index (χ3n) is 4.36. The predicted molar refractivity (Wildman–Crippen MR) is 108 cm³/mol. The lowest BCUT2D eigenvalue weighted by Crippen LogP contribution is -2.37. The van der Waals surface area contributed by atoms with E-state index in [4.69, 9.17) is 0 Å². The zero-order valence-electron chi connectivity index (χ0n) is 13.6. The zero-order valence-corrected chi connectivity index (χ0v) is 16.8. The Kier molecular flexibility index (Phi) is 7.61. The van der Waals surface area contributed by atoms with E-state index in [0.29, 0.717) is 6.54 Å². The lowest BCUT2D eigenvalue weighted by atomic mass is 10.0. The minimum atomic E-state index is 0. The molecule has 0 unspecified atom stereocenters. The number of thiazole rings is 1. The molecule has 1 aliphatic rings. The van der Waals surface area contributed by atoms with Crippen LogP contribution in [0.1, 0.15) is 44.2 Å². The van der Waals surface area contributed by atoms with E-state index in [2.05, 4.69) is 31.2 Å². The maximum Gasteiger partial charge on any atom is 0.193 e. The van der Waals surface area contributed by atoms with Crippen molar-refractivity contribution in [2.75, 3.05) is 13.6 Å². The summed E-state index contributed by atoms with van der Waals surface area (Å²) in [5, 5.41) is 8.78. The zero-order chi connectivity index (χ0) is 15.2. The second-order valence-electron chi connectivity index (χ2n) is 5.97. The fourth-order valence-electron chi connectivity index (χ4n) is 3.15. The molecular formula is C16H26IN5S. The number of guanidine groups is 1. The molecule has 1 saturated carbocycles. The van der Waals surface area contributed by atoms with Crippen LogP contribution in [-0.4, -0.2) is 28.9 Å². The van der Waals surface area contributed by atoms with Crippen molar-refractivity contribution in [1.29, 1.82) is 0 Å². The van der Waals surface area contributed by atoms with E-state index < -0.39 is 0 Å². The minimum Gasteiger partial charge on any atom is -0.356 e. The van der Waals surface area contributed by atoms with Gasteiger partial charge in [-0.1, -0.05) is 25.7 Å². The van der Waals surface area contributed by atoms with Gasteiger partial charge < -0.3 is 10.6 Å². The van der Waals surface area contributed by atoms with Crippen LogP contribution in [0.2, 0.25) is 0 Å². The molecule has 0 bridgehead atoms. The molecule has 2 heterocycles. The van der Waals surface area contributed by atoms with Crippen LogP contribution in [0.4, 0.5) is 0 Å². The van der Waals surface area contributed by atoms with Gasteiger partial charge in [0.25, 0.3) is 0 Å². The van der Waals surface area contributed by atoms with E-state index in [1.807, 2.05) is 18.6 Å². The highest BCUT2D eigenvalue weighted by Gasteiger charge is 2.14. The molecule has 0 atom stereocenters. The fourth-order valence-corrected chi connectivity index (χ4v) is 3.87. The summed E-state index contributed by atoms with van der Waals surface area (Å²) in [5.74, 6) is 1.83. The van der Waals surface area contributed by atoms with Crippen molar-refractivity contribution in [2.45, 2.75) is 45.1 Å². The van der Waals surface area contributed by atoms with Crippen LogP contribution in [0.25, 0.3) is 4.96 Å². The van der Waals surface area contributed by atoms with Gasteiger partial charge in [0.15, 0.2) is 10.9 Å². The average Bonchev–Trinajstić information content (AvgIpc) is 3.23. The van der Waals surface area contributed by atoms with Gasteiger partial charge in [0.2, 0.25) is 0 Å². The summed E-state index contributed by atoms with van der Waals surface area (Å²) in [6.07, 6.45) is 12.4. The van der Waals surface area contributed by atoms with Crippen molar-refractivity contribution in [2.24, 2.45) is 10.9 Å². The number of nitrogens with zero attached hydrogens (tertiary/aromatic N) is 3. The molecule has 5 nitrogen and oxygen atoms in total. The van der Waals surface area contributed by atoms with E-state index in [9.17, 15) is 0 Å². The molecule has 0 radical (unpaired) electrons. The van der Waals surface area contributed by atoms with Crippen LogP contribution >= 0.6 is 35.3 Å². The van der Waals surface area contributed by atoms with Gasteiger partial charge in [-0.05, 0) is 18.8 Å². The molecule has 128 valence electrons. The third-order valence-corrected chi connectivity index (χ3v) is 5.13. The van der Waals surface area contributed by atoms with E-state index in [-0.39, 0.29) is 24.0 Å². The maximum absolute atomic E-state index is 4.56. The number of nitrogens with one attached hydrogen (secondary N) is 2. The van der Waals surface area contributed by atoms with Crippen LogP contribution < -0.4 is 10.6 Å². The second kappa shape index (κ2) is 9.46. The molecule has 1 aliphatic carbocycles. The topological polar surface area (TPSA) is 53.7 Å². The first-order chi connectivity index (χ1) is 10.8. The van der Waals surface area contributed by atoms with Gasteiger partial charge in [-0.3, -0.25) is 9.39 Å². The Balaban J connectivity index is 0.00000192. The quantitative estimate of drug-likeness (QED) is 0.308. The summed E-state index contributed by atoms with van der Waals surface area (Å²) >= 11 is 1.66. The largest absolute Gasteiger partial charge is 0.356 e. The summed E-state index contributed by atoms with van der Waals surface area (Å²) in [6, 6.07) is 0. The van der Waals surface area contributed by atoms with Crippen LogP contribution in [0, 0.1) is 5.92 Å². The lowest BCUT2D eigenvalue weighted by Gasteiger charge is -2.12. The standard InChI is InChI=1S/C16H25N5S.HI/c1-17-15(18-8-4-7-13-5-2-3-6-13)19-11-14-12-21-9-10-22-16(21)20-14;/h9-10,12-13H,2-8,11H2,1H3,(H2,17,18,19);1H. The monoisotopic (exact) mass is 447 g/mol. The molecule has 2 N–H and O–H groups in total. The van der Waals surface area contributed by atoms with Crippen LogP contribution in [-0.2, 0) is 6.54 Å². The molecule has 0 aromatic carbocycles. The number of aliphatic imine (C=N–C) groups is 1. The van der Waals surface area contributed by atoms with Gasteiger partial charge in [0.1, 0.15) is 0 Å². The normalized spacial score (nSPS) is 15.8. The Bertz CT molecular complexity index is 586. The molecule has 7 heteroatoms. The van der Waals surface area contributed by atoms with Gasteiger partial charge in [-0.2, -0.15) is 0 Å². The number of aromatic nitrogens is 2. The number of hydrogen-bond donors (Lipinski definition) is 2. The fraction of sp³-hybridized carbons (Fsp3) is 0.625. The maximum atomic E-state index is 4.56. The Labute approximate surface area is 159 Å². The molecule has 23 heavy (non-hydrogen) atoms. The molecular weight excluding hydrogens is 421 g/mol. The molecule has 2 aromatic heterocycles. The highest BCUT2D eigenvalue weighted by Crippen LogP contribution is 2.28. The molecule has 3 rings (SSSR count). The molecule has 0 aliphatic heterocycles. The summed E-state index contributed by atoms with van der Waals surface area (Å²) in [4.78, 5) is 9.88. The summed E-state index contributed by atoms with van der Waals surface area (Å²) in [7, 11) is 1.82. The van der Waals surface area contributed by atoms with E-state index >= 15 is 0 Å². The van der Waals surface area contributed by atoms with Crippen molar-refractivity contribution >= 4 is 46.2 Å². The molecule has 0 amide bonds. The van der Waals surface area contributed by atoms with E-state index in [1.165, 1.54) is 38.5 Å². The smallest absolute Gasteiger partial charge is 0.193 e. The highest BCUT2D eigenvalue weighted by molar-refractivity contribution is 14.0. The summed E-state index contributed by atoms with van der Waals surface area (Å²) < 4.78 is 2.06. The second-order valence-corrected chi connectivity index (χ2v) is 6.84. The minimum absolute atomic E-state index is 0. The van der Waals surface area contributed by atoms with Crippen molar-refractivity contribution in [1.82, 2.24) is 20.0 Å². The van der Waals surface area contributed by atoms with Crippen LogP contribution in [0.5, 0.6) is 0 Å². The van der Waals surface area contributed by atoms with Crippen LogP contribution in [0.15, 0.2) is 22.8 Å². The number of rotatable bonds is 6. The van der Waals surface area contributed by atoms with Crippen molar-refractivity contribution in [3.8, 4) is 0 Å². The first-order valence-electron chi connectivity index (χ1n) is 8.21. The van der Waals surface area contributed by atoms with Crippen LogP contribution in [0.3, 0.4) is 0 Å². The van der Waals surface area contributed by atoms with Gasteiger partial charge in [0.05, 0.1) is 12.2 Å². The number of halogens is 1. The predicted octanol–water partition coefficient (Wildman–Crippen LogP) is 3.65. The Morgan fingerprint density at radius 3 is 2.96 bits per heavy atom. The van der Waals surface area contributed by atoms with Gasteiger partial charge in [-0.25, -0.2) is 4.98 Å². The first-order valence-corrected chi connectivity index (χ1v) is 9.08. The molecule has 1 fully saturated rings. The summed E-state index contributed by atoms with van der Waals surface area (Å²) in [6.45, 7) is 1.70.